The maximum atomic E-state index is 5.88. The maximum absolute atomic E-state index is 5.88. The van der Waals surface area contributed by atoms with E-state index in [0.717, 1.165) is 18.8 Å². The SMILES string of the molecule is CCCOc1nc(NCC(C)N2CCCCC2)ccc1N. The van der Waals surface area contributed by atoms with E-state index in [1.165, 1.54) is 32.4 Å². The highest BCUT2D eigenvalue weighted by atomic mass is 16.5. The van der Waals surface area contributed by atoms with Gasteiger partial charge in [-0.15, -0.1) is 0 Å². The molecule has 1 aliphatic heterocycles. The largest absolute Gasteiger partial charge is 0.476 e. The first-order chi connectivity index (χ1) is 10.2. The van der Waals surface area contributed by atoms with Crippen molar-refractivity contribution in [2.24, 2.45) is 0 Å². The summed E-state index contributed by atoms with van der Waals surface area (Å²) in [5.74, 6) is 1.37. The third kappa shape index (κ3) is 4.77. The van der Waals surface area contributed by atoms with Crippen LogP contribution in [-0.2, 0) is 0 Å². The number of piperidine rings is 1. The molecule has 0 amide bonds. The second kappa shape index (κ2) is 8.08. The average Bonchev–Trinajstić information content (AvgIpc) is 2.53. The fourth-order valence-electron chi connectivity index (χ4n) is 2.60. The Morgan fingerprint density at radius 1 is 1.33 bits per heavy atom. The van der Waals surface area contributed by atoms with E-state index in [2.05, 4.69) is 29.0 Å². The van der Waals surface area contributed by atoms with Gasteiger partial charge in [0.15, 0.2) is 0 Å². The number of anilines is 2. The molecule has 1 aromatic rings. The molecular formula is C16H28N4O. The van der Waals surface area contributed by atoms with Crippen molar-refractivity contribution in [2.45, 2.75) is 45.6 Å². The van der Waals surface area contributed by atoms with Crippen LogP contribution in [0.4, 0.5) is 11.5 Å². The molecule has 1 aromatic heterocycles. The van der Waals surface area contributed by atoms with E-state index in [0.29, 0.717) is 24.2 Å². The van der Waals surface area contributed by atoms with Gasteiger partial charge in [-0.05, 0) is 51.4 Å². The van der Waals surface area contributed by atoms with Crippen LogP contribution >= 0.6 is 0 Å². The van der Waals surface area contributed by atoms with Crippen molar-refractivity contribution in [2.75, 3.05) is 37.3 Å². The smallest absolute Gasteiger partial charge is 0.239 e. The Hall–Kier alpha value is -1.49. The zero-order valence-corrected chi connectivity index (χ0v) is 13.3. The van der Waals surface area contributed by atoms with E-state index >= 15 is 0 Å². The molecular weight excluding hydrogens is 264 g/mol. The monoisotopic (exact) mass is 292 g/mol. The van der Waals surface area contributed by atoms with Gasteiger partial charge < -0.3 is 15.8 Å². The third-order valence-electron chi connectivity index (χ3n) is 3.93. The van der Waals surface area contributed by atoms with E-state index in [-0.39, 0.29) is 0 Å². The zero-order chi connectivity index (χ0) is 15.1. The number of ether oxygens (including phenoxy) is 1. The average molecular weight is 292 g/mol. The van der Waals surface area contributed by atoms with Gasteiger partial charge in [-0.1, -0.05) is 13.3 Å². The van der Waals surface area contributed by atoms with Crippen LogP contribution in [0.25, 0.3) is 0 Å². The zero-order valence-electron chi connectivity index (χ0n) is 13.3. The van der Waals surface area contributed by atoms with Crippen molar-refractivity contribution in [3.63, 3.8) is 0 Å². The molecule has 1 atom stereocenters. The van der Waals surface area contributed by atoms with Crippen LogP contribution in [0.1, 0.15) is 39.5 Å². The highest BCUT2D eigenvalue weighted by Crippen LogP contribution is 2.21. The molecule has 0 radical (unpaired) electrons. The molecule has 1 unspecified atom stereocenters. The summed E-state index contributed by atoms with van der Waals surface area (Å²) in [4.78, 5) is 6.99. The Morgan fingerprint density at radius 2 is 2.10 bits per heavy atom. The number of nitrogens with zero attached hydrogens (tertiary/aromatic N) is 2. The van der Waals surface area contributed by atoms with E-state index in [4.69, 9.17) is 10.5 Å². The van der Waals surface area contributed by atoms with Crippen molar-refractivity contribution in [3.8, 4) is 5.88 Å². The number of rotatable bonds is 7. The Kier molecular flexibility index (Phi) is 6.11. The first-order valence-corrected chi connectivity index (χ1v) is 8.08. The van der Waals surface area contributed by atoms with E-state index in [9.17, 15) is 0 Å². The summed E-state index contributed by atoms with van der Waals surface area (Å²) < 4.78 is 5.56. The molecule has 0 spiro atoms. The number of pyridine rings is 1. The minimum absolute atomic E-state index is 0.518. The molecule has 3 N–H and O–H groups in total. The van der Waals surface area contributed by atoms with Crippen LogP contribution in [0.3, 0.4) is 0 Å². The lowest BCUT2D eigenvalue weighted by atomic mass is 10.1. The summed E-state index contributed by atoms with van der Waals surface area (Å²) in [7, 11) is 0. The van der Waals surface area contributed by atoms with E-state index in [1.54, 1.807) is 0 Å². The van der Waals surface area contributed by atoms with Crippen LogP contribution in [0.5, 0.6) is 5.88 Å². The summed E-state index contributed by atoms with van der Waals surface area (Å²) in [6.45, 7) is 8.30. The second-order valence-electron chi connectivity index (χ2n) is 5.77. The summed E-state index contributed by atoms with van der Waals surface area (Å²) in [5.41, 5.74) is 6.48. The normalized spacial score (nSPS) is 17.4. The predicted octanol–water partition coefficient (Wildman–Crippen LogP) is 2.74. The van der Waals surface area contributed by atoms with Crippen molar-refractivity contribution in [1.82, 2.24) is 9.88 Å². The lowest BCUT2D eigenvalue weighted by molar-refractivity contribution is 0.180. The number of hydrogen-bond acceptors (Lipinski definition) is 5. The molecule has 2 heterocycles. The Morgan fingerprint density at radius 3 is 2.81 bits per heavy atom. The van der Waals surface area contributed by atoms with Crippen molar-refractivity contribution >= 4 is 11.5 Å². The standard InChI is InChI=1S/C16H28N4O/c1-3-11-21-16-14(17)7-8-15(19-16)18-12-13(2)20-9-5-4-6-10-20/h7-8,13H,3-6,9-12,17H2,1-2H3,(H,18,19). The summed E-state index contributed by atoms with van der Waals surface area (Å²) in [6.07, 6.45) is 4.96. The quantitative estimate of drug-likeness (QED) is 0.809. The minimum atomic E-state index is 0.518. The van der Waals surface area contributed by atoms with Gasteiger partial charge in [0.2, 0.25) is 5.88 Å². The molecule has 118 valence electrons. The molecule has 5 nitrogen and oxygen atoms in total. The molecule has 1 aliphatic rings. The summed E-state index contributed by atoms with van der Waals surface area (Å²) in [5, 5.41) is 3.40. The molecule has 0 aromatic carbocycles. The second-order valence-corrected chi connectivity index (χ2v) is 5.77. The fourth-order valence-corrected chi connectivity index (χ4v) is 2.60. The topological polar surface area (TPSA) is 63.4 Å². The number of nitrogen functional groups attached to an aromatic ring is 1. The first-order valence-electron chi connectivity index (χ1n) is 8.08. The van der Waals surface area contributed by atoms with Crippen molar-refractivity contribution < 1.29 is 4.74 Å². The molecule has 2 rings (SSSR count). The van der Waals surface area contributed by atoms with Crippen LogP contribution in [-0.4, -0.2) is 42.2 Å². The Balaban J connectivity index is 1.87. The molecule has 5 heteroatoms. The number of hydrogen-bond donors (Lipinski definition) is 2. The Bertz CT molecular complexity index is 432. The number of aromatic nitrogens is 1. The molecule has 1 fully saturated rings. The molecule has 1 saturated heterocycles. The number of nitrogens with one attached hydrogen (secondary N) is 1. The van der Waals surface area contributed by atoms with Gasteiger partial charge in [-0.2, -0.15) is 4.98 Å². The summed E-state index contributed by atoms with van der Waals surface area (Å²) in [6, 6.07) is 4.29. The van der Waals surface area contributed by atoms with Crippen LogP contribution < -0.4 is 15.8 Å². The van der Waals surface area contributed by atoms with Crippen molar-refractivity contribution in [1.29, 1.82) is 0 Å². The van der Waals surface area contributed by atoms with Gasteiger partial charge in [0, 0.05) is 12.6 Å². The lowest BCUT2D eigenvalue weighted by Gasteiger charge is -2.32. The van der Waals surface area contributed by atoms with Crippen LogP contribution in [0, 0.1) is 0 Å². The number of likely N-dealkylation sites (tertiary alicyclic amines) is 1. The van der Waals surface area contributed by atoms with Gasteiger partial charge >= 0.3 is 0 Å². The molecule has 21 heavy (non-hydrogen) atoms. The highest BCUT2D eigenvalue weighted by Gasteiger charge is 2.16. The van der Waals surface area contributed by atoms with Gasteiger partial charge in [-0.25, -0.2) is 0 Å². The highest BCUT2D eigenvalue weighted by molar-refractivity contribution is 5.53. The van der Waals surface area contributed by atoms with Gasteiger partial charge in [0.05, 0.1) is 12.3 Å². The summed E-state index contributed by atoms with van der Waals surface area (Å²) >= 11 is 0. The van der Waals surface area contributed by atoms with Crippen molar-refractivity contribution in [3.05, 3.63) is 12.1 Å². The Labute approximate surface area is 127 Å². The molecule has 0 saturated carbocycles. The van der Waals surface area contributed by atoms with Gasteiger partial charge in [0.1, 0.15) is 5.82 Å². The lowest BCUT2D eigenvalue weighted by Crippen LogP contribution is -2.41. The van der Waals surface area contributed by atoms with Gasteiger partial charge in [0.25, 0.3) is 0 Å². The van der Waals surface area contributed by atoms with E-state index < -0.39 is 0 Å². The number of nitrogens with two attached hydrogens (primary N) is 1. The molecule has 0 aliphatic carbocycles. The van der Waals surface area contributed by atoms with E-state index in [1.807, 2.05) is 12.1 Å². The van der Waals surface area contributed by atoms with Crippen LogP contribution in [0.2, 0.25) is 0 Å². The first kappa shape index (κ1) is 15.9. The molecule has 0 bridgehead atoms. The third-order valence-corrected chi connectivity index (χ3v) is 3.93. The maximum Gasteiger partial charge on any atom is 0.239 e. The fraction of sp³-hybridized carbons (Fsp3) is 0.688. The van der Waals surface area contributed by atoms with Gasteiger partial charge in [-0.3, -0.25) is 4.90 Å². The van der Waals surface area contributed by atoms with Crippen LogP contribution in [0.15, 0.2) is 12.1 Å². The predicted molar refractivity (Wildman–Crippen MR) is 87.8 cm³/mol. The minimum Gasteiger partial charge on any atom is -0.476 e.